The van der Waals surface area contributed by atoms with Gasteiger partial charge in [-0.1, -0.05) is 0 Å². The molecule has 2 rings (SSSR count). The molecule has 4 heteroatoms. The summed E-state index contributed by atoms with van der Waals surface area (Å²) in [6, 6.07) is 4.89. The highest BCUT2D eigenvalue weighted by Crippen LogP contribution is 2.22. The highest BCUT2D eigenvalue weighted by atomic mass is 16.5. The number of aromatic hydroxyl groups is 1. The van der Waals surface area contributed by atoms with Crippen LogP contribution in [0.1, 0.15) is 35.7 Å². The summed E-state index contributed by atoms with van der Waals surface area (Å²) in [6.45, 7) is 5.19. The fourth-order valence-electron chi connectivity index (χ4n) is 2.09. The van der Waals surface area contributed by atoms with Gasteiger partial charge in [-0.15, -0.1) is 0 Å². The van der Waals surface area contributed by atoms with Gasteiger partial charge in [0.05, 0.1) is 0 Å². The fraction of sp³-hybridized carbons (Fsp3) is 0.500. The molecule has 4 nitrogen and oxygen atoms in total. The number of benzene rings is 1. The zero-order valence-electron chi connectivity index (χ0n) is 10.8. The molecule has 1 aromatic carbocycles. The van der Waals surface area contributed by atoms with E-state index in [0.717, 1.165) is 12.8 Å². The van der Waals surface area contributed by atoms with Crippen molar-refractivity contribution in [1.82, 2.24) is 5.32 Å². The van der Waals surface area contributed by atoms with E-state index in [1.165, 1.54) is 0 Å². The van der Waals surface area contributed by atoms with E-state index in [0.29, 0.717) is 24.3 Å². The van der Waals surface area contributed by atoms with Crippen LogP contribution in [0, 0.1) is 6.92 Å². The van der Waals surface area contributed by atoms with E-state index in [2.05, 4.69) is 5.32 Å². The monoisotopic (exact) mass is 249 g/mol. The van der Waals surface area contributed by atoms with Gasteiger partial charge >= 0.3 is 0 Å². The lowest BCUT2D eigenvalue weighted by atomic mass is 9.92. The van der Waals surface area contributed by atoms with Crippen molar-refractivity contribution in [2.24, 2.45) is 0 Å². The van der Waals surface area contributed by atoms with Gasteiger partial charge in [0.15, 0.2) is 0 Å². The largest absolute Gasteiger partial charge is 0.508 e. The smallest absolute Gasteiger partial charge is 0.251 e. The van der Waals surface area contributed by atoms with Crippen molar-refractivity contribution in [1.29, 1.82) is 0 Å². The van der Waals surface area contributed by atoms with Gasteiger partial charge in [-0.05, 0) is 50.5 Å². The molecule has 1 aliphatic rings. The first-order chi connectivity index (χ1) is 8.50. The average molecular weight is 249 g/mol. The van der Waals surface area contributed by atoms with E-state index in [1.54, 1.807) is 25.1 Å². The zero-order chi connectivity index (χ0) is 13.2. The van der Waals surface area contributed by atoms with Gasteiger partial charge in [-0.25, -0.2) is 0 Å². The third-order valence-electron chi connectivity index (χ3n) is 3.47. The Bertz CT molecular complexity index is 450. The molecule has 1 aliphatic heterocycles. The van der Waals surface area contributed by atoms with Gasteiger partial charge in [0.2, 0.25) is 0 Å². The number of hydrogen-bond donors (Lipinski definition) is 2. The van der Waals surface area contributed by atoms with E-state index in [4.69, 9.17) is 4.74 Å². The lowest BCUT2D eigenvalue weighted by Gasteiger charge is -2.34. The molecule has 1 heterocycles. The topological polar surface area (TPSA) is 58.6 Å². The Labute approximate surface area is 107 Å². The maximum Gasteiger partial charge on any atom is 0.251 e. The normalized spacial score (nSPS) is 18.3. The van der Waals surface area contributed by atoms with E-state index in [1.807, 2.05) is 6.92 Å². The minimum absolute atomic E-state index is 0.0949. The van der Waals surface area contributed by atoms with Crippen LogP contribution in [0.15, 0.2) is 18.2 Å². The Morgan fingerprint density at radius 2 is 2.06 bits per heavy atom. The molecule has 1 aromatic rings. The minimum Gasteiger partial charge on any atom is -0.508 e. The number of phenols is 1. The number of carbonyl (C=O) groups excluding carboxylic acids is 1. The predicted octanol–water partition coefficient (Wildman–Crippen LogP) is 2.00. The fourth-order valence-corrected chi connectivity index (χ4v) is 2.09. The quantitative estimate of drug-likeness (QED) is 0.842. The van der Waals surface area contributed by atoms with Gasteiger partial charge < -0.3 is 15.2 Å². The van der Waals surface area contributed by atoms with Gasteiger partial charge in [-0.2, -0.15) is 0 Å². The summed E-state index contributed by atoms with van der Waals surface area (Å²) < 4.78 is 5.30. The van der Waals surface area contributed by atoms with Crippen LogP contribution in [0.25, 0.3) is 0 Å². The number of nitrogens with one attached hydrogen (secondary N) is 1. The first-order valence-electron chi connectivity index (χ1n) is 6.20. The molecule has 0 radical (unpaired) electrons. The second kappa shape index (κ2) is 4.98. The molecule has 18 heavy (non-hydrogen) atoms. The van der Waals surface area contributed by atoms with E-state index >= 15 is 0 Å². The Balaban J connectivity index is 2.09. The van der Waals surface area contributed by atoms with Gasteiger partial charge in [0.1, 0.15) is 5.75 Å². The minimum atomic E-state index is -0.193. The number of aryl methyl sites for hydroxylation is 1. The number of ether oxygens (including phenoxy) is 1. The number of amides is 1. The van der Waals surface area contributed by atoms with Gasteiger partial charge in [0, 0.05) is 24.3 Å². The number of hydrogen-bond acceptors (Lipinski definition) is 3. The standard InChI is InChI=1S/C14H19NO3/c1-10-9-11(3-4-12(10)16)13(17)15-14(2)5-7-18-8-6-14/h3-4,9,16H,5-8H2,1-2H3,(H,15,17). The first kappa shape index (κ1) is 12.9. The summed E-state index contributed by atoms with van der Waals surface area (Å²) in [6.07, 6.45) is 1.66. The molecule has 0 atom stereocenters. The van der Waals surface area contributed by atoms with Crippen molar-refractivity contribution in [3.63, 3.8) is 0 Å². The van der Waals surface area contributed by atoms with Crippen molar-refractivity contribution in [3.05, 3.63) is 29.3 Å². The van der Waals surface area contributed by atoms with Gasteiger partial charge in [0.25, 0.3) is 5.91 Å². The zero-order valence-corrected chi connectivity index (χ0v) is 10.8. The summed E-state index contributed by atoms with van der Waals surface area (Å²) in [7, 11) is 0. The van der Waals surface area contributed by atoms with Crippen LogP contribution < -0.4 is 5.32 Å². The molecule has 1 saturated heterocycles. The molecule has 2 N–H and O–H groups in total. The Kier molecular flexibility index (Phi) is 3.57. The Hall–Kier alpha value is -1.55. The van der Waals surface area contributed by atoms with Crippen molar-refractivity contribution < 1.29 is 14.6 Å². The van der Waals surface area contributed by atoms with Crippen LogP contribution in [0.4, 0.5) is 0 Å². The van der Waals surface area contributed by atoms with Crippen LogP contribution in [0.5, 0.6) is 5.75 Å². The SMILES string of the molecule is Cc1cc(C(=O)NC2(C)CCOCC2)ccc1O. The summed E-state index contributed by atoms with van der Waals surface area (Å²) in [5.41, 5.74) is 1.10. The molecule has 0 spiro atoms. The van der Waals surface area contributed by atoms with E-state index in [9.17, 15) is 9.90 Å². The maximum atomic E-state index is 12.1. The summed E-state index contributed by atoms with van der Waals surface area (Å²) in [5.74, 6) is 0.117. The molecular formula is C14H19NO3. The highest BCUT2D eigenvalue weighted by Gasteiger charge is 2.29. The van der Waals surface area contributed by atoms with Crippen LogP contribution in [0.2, 0.25) is 0 Å². The Morgan fingerprint density at radius 1 is 1.39 bits per heavy atom. The van der Waals surface area contributed by atoms with Crippen LogP contribution >= 0.6 is 0 Å². The molecule has 1 amide bonds. The van der Waals surface area contributed by atoms with E-state index in [-0.39, 0.29) is 17.2 Å². The summed E-state index contributed by atoms with van der Waals surface area (Å²) >= 11 is 0. The van der Waals surface area contributed by atoms with Crippen LogP contribution in [-0.2, 0) is 4.74 Å². The predicted molar refractivity (Wildman–Crippen MR) is 68.8 cm³/mol. The molecule has 0 saturated carbocycles. The van der Waals surface area contributed by atoms with Crippen molar-refractivity contribution in [3.8, 4) is 5.75 Å². The third-order valence-corrected chi connectivity index (χ3v) is 3.47. The number of carbonyl (C=O) groups is 1. The van der Waals surface area contributed by atoms with Gasteiger partial charge in [-0.3, -0.25) is 4.79 Å². The van der Waals surface area contributed by atoms with Crippen LogP contribution in [-0.4, -0.2) is 29.8 Å². The second-order valence-corrected chi connectivity index (χ2v) is 5.13. The molecule has 0 aromatic heterocycles. The first-order valence-corrected chi connectivity index (χ1v) is 6.20. The lowest BCUT2D eigenvalue weighted by molar-refractivity contribution is 0.0423. The molecule has 98 valence electrons. The summed E-state index contributed by atoms with van der Waals surface area (Å²) in [4.78, 5) is 12.1. The van der Waals surface area contributed by atoms with Crippen LogP contribution in [0.3, 0.4) is 0 Å². The van der Waals surface area contributed by atoms with Crippen molar-refractivity contribution >= 4 is 5.91 Å². The molecule has 0 bridgehead atoms. The second-order valence-electron chi connectivity index (χ2n) is 5.13. The van der Waals surface area contributed by atoms with Crippen molar-refractivity contribution in [2.45, 2.75) is 32.2 Å². The highest BCUT2D eigenvalue weighted by molar-refractivity contribution is 5.95. The third kappa shape index (κ3) is 2.82. The van der Waals surface area contributed by atoms with E-state index < -0.39 is 0 Å². The lowest BCUT2D eigenvalue weighted by Crippen LogP contribution is -2.49. The number of rotatable bonds is 2. The van der Waals surface area contributed by atoms with Crippen molar-refractivity contribution in [2.75, 3.05) is 13.2 Å². The molecule has 0 unspecified atom stereocenters. The number of phenolic OH excluding ortho intramolecular Hbond substituents is 1. The maximum absolute atomic E-state index is 12.1. The summed E-state index contributed by atoms with van der Waals surface area (Å²) in [5, 5.41) is 12.5. The molecule has 1 fully saturated rings. The average Bonchev–Trinajstić information content (AvgIpc) is 2.33. The molecular weight excluding hydrogens is 230 g/mol. The Morgan fingerprint density at radius 3 is 2.67 bits per heavy atom. The molecule has 0 aliphatic carbocycles.